The molecule has 0 aromatic heterocycles. The normalized spacial score (nSPS) is 14.2. The van der Waals surface area contributed by atoms with E-state index in [1.165, 1.54) is 4.90 Å². The largest absolute Gasteiger partial charge is 0.274 e. The standard InChI is InChI=1S/C12H14BNO2S/c13-5-7-17-8-6-14-11(15)9-3-1-2-4-10(9)12(14)16/h1-4H,5-8,13H2. The molecule has 0 fully saturated rings. The van der Waals surface area contributed by atoms with Crippen LogP contribution in [-0.2, 0) is 0 Å². The van der Waals surface area contributed by atoms with E-state index in [9.17, 15) is 9.59 Å². The van der Waals surface area contributed by atoms with Crippen LogP contribution in [0.1, 0.15) is 20.7 Å². The molecule has 88 valence electrons. The van der Waals surface area contributed by atoms with Gasteiger partial charge >= 0.3 is 0 Å². The molecular formula is C12H14BNO2S. The van der Waals surface area contributed by atoms with Gasteiger partial charge in [-0.25, -0.2) is 0 Å². The maximum Gasteiger partial charge on any atom is 0.261 e. The number of benzene rings is 1. The lowest BCUT2D eigenvalue weighted by Crippen LogP contribution is -2.31. The topological polar surface area (TPSA) is 37.4 Å². The molecule has 0 N–H and O–H groups in total. The molecule has 1 aliphatic heterocycles. The highest BCUT2D eigenvalue weighted by Gasteiger charge is 2.34. The molecule has 17 heavy (non-hydrogen) atoms. The van der Waals surface area contributed by atoms with E-state index in [0.717, 1.165) is 17.8 Å². The van der Waals surface area contributed by atoms with Crippen molar-refractivity contribution in [1.82, 2.24) is 4.90 Å². The molecule has 0 saturated carbocycles. The van der Waals surface area contributed by atoms with E-state index >= 15 is 0 Å². The van der Waals surface area contributed by atoms with Gasteiger partial charge < -0.3 is 0 Å². The molecule has 0 radical (unpaired) electrons. The molecule has 1 aromatic carbocycles. The summed E-state index contributed by atoms with van der Waals surface area (Å²) in [4.78, 5) is 25.3. The van der Waals surface area contributed by atoms with Gasteiger partial charge in [0.25, 0.3) is 11.8 Å². The van der Waals surface area contributed by atoms with Gasteiger partial charge in [0.15, 0.2) is 0 Å². The minimum Gasteiger partial charge on any atom is -0.274 e. The molecule has 1 aliphatic rings. The number of fused-ring (bicyclic) bond motifs is 1. The van der Waals surface area contributed by atoms with Crippen LogP contribution in [0.15, 0.2) is 24.3 Å². The van der Waals surface area contributed by atoms with Gasteiger partial charge in [0.05, 0.1) is 11.1 Å². The van der Waals surface area contributed by atoms with Gasteiger partial charge in [-0.15, -0.1) is 0 Å². The Balaban J connectivity index is 2.03. The van der Waals surface area contributed by atoms with Gasteiger partial charge in [0.2, 0.25) is 0 Å². The van der Waals surface area contributed by atoms with Crippen LogP contribution >= 0.6 is 11.8 Å². The Morgan fingerprint density at radius 1 is 1.06 bits per heavy atom. The van der Waals surface area contributed by atoms with E-state index < -0.39 is 0 Å². The summed E-state index contributed by atoms with van der Waals surface area (Å²) in [5.41, 5.74) is 1.08. The van der Waals surface area contributed by atoms with Crippen molar-refractivity contribution in [2.75, 3.05) is 18.1 Å². The third-order valence-electron chi connectivity index (χ3n) is 2.69. The van der Waals surface area contributed by atoms with Gasteiger partial charge in [-0.2, -0.15) is 11.8 Å². The molecule has 0 atom stereocenters. The molecule has 0 bridgehead atoms. The zero-order valence-corrected chi connectivity index (χ0v) is 10.6. The summed E-state index contributed by atoms with van der Waals surface area (Å²) in [6.07, 6.45) is 1.12. The second-order valence-corrected chi connectivity index (χ2v) is 5.14. The van der Waals surface area contributed by atoms with Crippen LogP contribution in [0, 0.1) is 0 Å². The molecule has 1 heterocycles. The molecule has 0 aliphatic carbocycles. The first-order valence-corrected chi connectivity index (χ1v) is 6.94. The van der Waals surface area contributed by atoms with Crippen LogP contribution in [0.4, 0.5) is 0 Å². The van der Waals surface area contributed by atoms with Crippen molar-refractivity contribution in [2.24, 2.45) is 0 Å². The van der Waals surface area contributed by atoms with Gasteiger partial charge in [0, 0.05) is 12.3 Å². The lowest BCUT2D eigenvalue weighted by atomic mass is 10.1. The fourth-order valence-electron chi connectivity index (χ4n) is 1.84. The highest BCUT2D eigenvalue weighted by atomic mass is 32.2. The minimum atomic E-state index is -0.150. The van der Waals surface area contributed by atoms with E-state index in [2.05, 4.69) is 7.85 Å². The predicted molar refractivity (Wildman–Crippen MR) is 72.5 cm³/mol. The Morgan fingerprint density at radius 3 is 2.18 bits per heavy atom. The van der Waals surface area contributed by atoms with Gasteiger partial charge in [-0.1, -0.05) is 18.5 Å². The molecule has 0 unspecified atom stereocenters. The average Bonchev–Trinajstić information content (AvgIpc) is 2.60. The first kappa shape index (κ1) is 12.2. The molecule has 2 amide bonds. The van der Waals surface area contributed by atoms with Gasteiger partial charge in [-0.3, -0.25) is 14.5 Å². The van der Waals surface area contributed by atoms with Crippen molar-refractivity contribution in [1.29, 1.82) is 0 Å². The van der Waals surface area contributed by atoms with E-state index in [0.29, 0.717) is 17.7 Å². The molecule has 2 rings (SSSR count). The van der Waals surface area contributed by atoms with E-state index in [-0.39, 0.29) is 11.8 Å². The van der Waals surface area contributed by atoms with Crippen LogP contribution in [0.3, 0.4) is 0 Å². The molecule has 0 saturated heterocycles. The van der Waals surface area contributed by atoms with Crippen molar-refractivity contribution in [3.8, 4) is 0 Å². The number of carbonyl (C=O) groups is 2. The van der Waals surface area contributed by atoms with Crippen LogP contribution in [0.5, 0.6) is 0 Å². The van der Waals surface area contributed by atoms with Crippen molar-refractivity contribution in [3.05, 3.63) is 35.4 Å². The Hall–Kier alpha value is -1.23. The van der Waals surface area contributed by atoms with Crippen LogP contribution in [0.2, 0.25) is 6.32 Å². The summed E-state index contributed by atoms with van der Waals surface area (Å²) < 4.78 is 0. The van der Waals surface area contributed by atoms with E-state index in [1.807, 2.05) is 0 Å². The summed E-state index contributed by atoms with van der Waals surface area (Å²) in [5.74, 6) is 1.59. The Kier molecular flexibility index (Phi) is 3.89. The first-order chi connectivity index (χ1) is 8.25. The predicted octanol–water partition coefficient (Wildman–Crippen LogP) is 1.07. The molecule has 1 aromatic rings. The zero-order chi connectivity index (χ0) is 12.3. The summed E-state index contributed by atoms with van der Waals surface area (Å²) in [5, 5.41) is 0. The quantitative estimate of drug-likeness (QED) is 0.443. The summed E-state index contributed by atoms with van der Waals surface area (Å²) in [6.45, 7) is 0.511. The number of amides is 2. The number of hydrogen-bond donors (Lipinski definition) is 0. The summed E-state index contributed by atoms with van der Waals surface area (Å²) in [6, 6.07) is 7.02. The monoisotopic (exact) mass is 247 g/mol. The fourth-order valence-corrected chi connectivity index (χ4v) is 2.65. The van der Waals surface area contributed by atoms with E-state index in [1.54, 1.807) is 36.0 Å². The maximum atomic E-state index is 12.0. The molecule has 5 heteroatoms. The SMILES string of the molecule is BCCSCCN1C(=O)c2ccccc2C1=O. The van der Waals surface area contributed by atoms with Gasteiger partial charge in [-0.05, 0) is 17.9 Å². The maximum absolute atomic E-state index is 12.0. The smallest absolute Gasteiger partial charge is 0.261 e. The number of rotatable bonds is 5. The number of imide groups is 1. The third kappa shape index (κ3) is 2.39. The van der Waals surface area contributed by atoms with Crippen molar-refractivity contribution < 1.29 is 9.59 Å². The van der Waals surface area contributed by atoms with Crippen molar-refractivity contribution in [3.63, 3.8) is 0 Å². The number of thioether (sulfide) groups is 1. The number of hydrogen-bond acceptors (Lipinski definition) is 3. The minimum absolute atomic E-state index is 0.150. The second-order valence-electron chi connectivity index (χ2n) is 3.92. The van der Waals surface area contributed by atoms with E-state index in [4.69, 9.17) is 0 Å². The number of carbonyl (C=O) groups excluding carboxylic acids is 2. The summed E-state index contributed by atoms with van der Waals surface area (Å²) in [7, 11) is 2.12. The zero-order valence-electron chi connectivity index (χ0n) is 9.81. The first-order valence-electron chi connectivity index (χ1n) is 5.78. The lowest BCUT2D eigenvalue weighted by molar-refractivity contribution is 0.0664. The lowest BCUT2D eigenvalue weighted by Gasteiger charge is -2.12. The summed E-state index contributed by atoms with van der Waals surface area (Å²) >= 11 is 1.78. The molecular weight excluding hydrogens is 233 g/mol. The third-order valence-corrected chi connectivity index (χ3v) is 3.85. The Labute approximate surface area is 106 Å². The molecule has 0 spiro atoms. The van der Waals surface area contributed by atoms with Gasteiger partial charge in [0.1, 0.15) is 7.85 Å². The van der Waals surface area contributed by atoms with Crippen LogP contribution < -0.4 is 0 Å². The average molecular weight is 247 g/mol. The number of nitrogens with zero attached hydrogens (tertiary/aromatic N) is 1. The van der Waals surface area contributed by atoms with Crippen LogP contribution in [0.25, 0.3) is 0 Å². The highest BCUT2D eigenvalue weighted by Crippen LogP contribution is 2.22. The van der Waals surface area contributed by atoms with Crippen molar-refractivity contribution >= 4 is 31.4 Å². The second kappa shape index (κ2) is 5.40. The Bertz CT molecular complexity index is 415. The fraction of sp³-hybridized carbons (Fsp3) is 0.333. The van der Waals surface area contributed by atoms with Crippen molar-refractivity contribution in [2.45, 2.75) is 6.32 Å². The highest BCUT2D eigenvalue weighted by molar-refractivity contribution is 7.99. The Morgan fingerprint density at radius 2 is 1.65 bits per heavy atom. The van der Waals surface area contributed by atoms with Crippen LogP contribution in [-0.4, -0.2) is 42.6 Å². The molecule has 3 nitrogen and oxygen atoms in total.